The summed E-state index contributed by atoms with van der Waals surface area (Å²) in [5, 5.41) is 19.9. The molecule has 1 aliphatic rings. The lowest BCUT2D eigenvalue weighted by Gasteiger charge is -2.17. The SMILES string of the molecule is OC1CCN(c2nncc3ccccc23)C1. The molecular formula is C12H13N3O. The molecule has 0 saturated carbocycles. The number of aliphatic hydroxyl groups excluding tert-OH is 1. The summed E-state index contributed by atoms with van der Waals surface area (Å²) in [6.45, 7) is 1.51. The van der Waals surface area contributed by atoms with Crippen molar-refractivity contribution in [2.75, 3.05) is 18.0 Å². The van der Waals surface area contributed by atoms with Crippen molar-refractivity contribution in [1.29, 1.82) is 0 Å². The number of β-amino-alcohol motifs (C(OH)–C–C–N with tert-alkyl or cyclic N) is 1. The number of fused-ring (bicyclic) bond motifs is 1. The van der Waals surface area contributed by atoms with Crippen molar-refractivity contribution in [2.45, 2.75) is 12.5 Å². The highest BCUT2D eigenvalue weighted by molar-refractivity contribution is 5.91. The van der Waals surface area contributed by atoms with E-state index in [0.29, 0.717) is 6.54 Å². The molecule has 4 nitrogen and oxygen atoms in total. The molecule has 0 amide bonds. The Bertz CT molecular complexity index is 509. The summed E-state index contributed by atoms with van der Waals surface area (Å²) in [5.41, 5.74) is 0. The van der Waals surface area contributed by atoms with Gasteiger partial charge in [-0.2, -0.15) is 5.10 Å². The number of benzene rings is 1. The van der Waals surface area contributed by atoms with Gasteiger partial charge in [0.05, 0.1) is 12.3 Å². The first-order valence-corrected chi connectivity index (χ1v) is 5.48. The predicted octanol–water partition coefficient (Wildman–Crippen LogP) is 1.20. The quantitative estimate of drug-likeness (QED) is 0.776. The third-order valence-corrected chi connectivity index (χ3v) is 3.01. The van der Waals surface area contributed by atoms with E-state index in [1.807, 2.05) is 24.3 Å². The van der Waals surface area contributed by atoms with Crippen LogP contribution < -0.4 is 4.90 Å². The smallest absolute Gasteiger partial charge is 0.159 e. The second-order valence-corrected chi connectivity index (χ2v) is 4.14. The molecule has 0 bridgehead atoms. The molecule has 2 aromatic rings. The van der Waals surface area contributed by atoms with Gasteiger partial charge in [-0.1, -0.05) is 24.3 Å². The maximum Gasteiger partial charge on any atom is 0.159 e. The number of hydrogen-bond donors (Lipinski definition) is 1. The number of nitrogens with zero attached hydrogens (tertiary/aromatic N) is 3. The second-order valence-electron chi connectivity index (χ2n) is 4.14. The molecule has 1 N–H and O–H groups in total. The van der Waals surface area contributed by atoms with Gasteiger partial charge in [0.25, 0.3) is 0 Å². The van der Waals surface area contributed by atoms with Crippen molar-refractivity contribution in [3.05, 3.63) is 30.5 Å². The zero-order valence-electron chi connectivity index (χ0n) is 8.87. The lowest BCUT2D eigenvalue weighted by molar-refractivity contribution is 0.198. The van der Waals surface area contributed by atoms with E-state index in [2.05, 4.69) is 15.1 Å². The number of aromatic nitrogens is 2. The molecule has 1 aromatic heterocycles. The fourth-order valence-corrected chi connectivity index (χ4v) is 2.18. The first kappa shape index (κ1) is 9.54. The van der Waals surface area contributed by atoms with E-state index >= 15 is 0 Å². The summed E-state index contributed by atoms with van der Waals surface area (Å²) in [4.78, 5) is 2.10. The zero-order chi connectivity index (χ0) is 11.0. The van der Waals surface area contributed by atoms with Gasteiger partial charge >= 0.3 is 0 Å². The van der Waals surface area contributed by atoms with Crippen LogP contribution in [0.15, 0.2) is 30.5 Å². The summed E-state index contributed by atoms with van der Waals surface area (Å²) in [6, 6.07) is 8.07. The van der Waals surface area contributed by atoms with E-state index in [-0.39, 0.29) is 6.10 Å². The zero-order valence-corrected chi connectivity index (χ0v) is 8.87. The summed E-state index contributed by atoms with van der Waals surface area (Å²) < 4.78 is 0. The second kappa shape index (κ2) is 3.72. The van der Waals surface area contributed by atoms with Crippen LogP contribution >= 0.6 is 0 Å². The Morgan fingerprint density at radius 3 is 3.00 bits per heavy atom. The average Bonchev–Trinajstić information content (AvgIpc) is 2.75. The summed E-state index contributed by atoms with van der Waals surface area (Å²) in [5.74, 6) is 0.884. The molecule has 16 heavy (non-hydrogen) atoms. The van der Waals surface area contributed by atoms with Gasteiger partial charge in [-0.15, -0.1) is 5.10 Å². The highest BCUT2D eigenvalue weighted by Gasteiger charge is 2.22. The predicted molar refractivity (Wildman–Crippen MR) is 62.4 cm³/mol. The maximum absolute atomic E-state index is 9.54. The first-order chi connectivity index (χ1) is 7.84. The van der Waals surface area contributed by atoms with Crippen LogP contribution in [0.1, 0.15) is 6.42 Å². The van der Waals surface area contributed by atoms with Gasteiger partial charge in [-0.25, -0.2) is 0 Å². The Balaban J connectivity index is 2.09. The van der Waals surface area contributed by atoms with Crippen molar-refractivity contribution < 1.29 is 5.11 Å². The van der Waals surface area contributed by atoms with E-state index in [1.54, 1.807) is 6.20 Å². The van der Waals surface area contributed by atoms with Crippen LogP contribution in [0.25, 0.3) is 10.8 Å². The normalized spacial score (nSPS) is 20.6. The van der Waals surface area contributed by atoms with Gasteiger partial charge in [0.1, 0.15) is 0 Å². The Morgan fingerprint density at radius 2 is 2.19 bits per heavy atom. The van der Waals surface area contributed by atoms with Gasteiger partial charge in [0, 0.05) is 23.9 Å². The molecule has 0 radical (unpaired) electrons. The fourth-order valence-electron chi connectivity index (χ4n) is 2.18. The Morgan fingerprint density at radius 1 is 1.31 bits per heavy atom. The van der Waals surface area contributed by atoms with Crippen molar-refractivity contribution in [1.82, 2.24) is 10.2 Å². The summed E-state index contributed by atoms with van der Waals surface area (Å²) >= 11 is 0. The lowest BCUT2D eigenvalue weighted by Crippen LogP contribution is -2.22. The highest BCUT2D eigenvalue weighted by atomic mass is 16.3. The Hall–Kier alpha value is -1.68. The molecular weight excluding hydrogens is 202 g/mol. The number of hydrogen-bond acceptors (Lipinski definition) is 4. The summed E-state index contributed by atoms with van der Waals surface area (Å²) in [6.07, 6.45) is 2.34. The van der Waals surface area contributed by atoms with Crippen LogP contribution in [0.5, 0.6) is 0 Å². The molecule has 3 rings (SSSR count). The molecule has 1 atom stereocenters. The minimum Gasteiger partial charge on any atom is -0.391 e. The minimum absolute atomic E-state index is 0.235. The topological polar surface area (TPSA) is 49.2 Å². The van der Waals surface area contributed by atoms with Gasteiger partial charge < -0.3 is 10.0 Å². The van der Waals surface area contributed by atoms with Crippen LogP contribution in [-0.4, -0.2) is 34.5 Å². The van der Waals surface area contributed by atoms with Crippen LogP contribution in [0.2, 0.25) is 0 Å². The van der Waals surface area contributed by atoms with Crippen LogP contribution in [-0.2, 0) is 0 Å². The van der Waals surface area contributed by atoms with Gasteiger partial charge in [0.15, 0.2) is 5.82 Å². The largest absolute Gasteiger partial charge is 0.391 e. The third-order valence-electron chi connectivity index (χ3n) is 3.01. The molecule has 1 aliphatic heterocycles. The van der Waals surface area contributed by atoms with Crippen molar-refractivity contribution in [2.24, 2.45) is 0 Å². The number of anilines is 1. The Kier molecular flexibility index (Phi) is 2.22. The molecule has 4 heteroatoms. The van der Waals surface area contributed by atoms with E-state index < -0.39 is 0 Å². The highest BCUT2D eigenvalue weighted by Crippen LogP contribution is 2.25. The monoisotopic (exact) mass is 215 g/mol. The molecule has 2 heterocycles. The minimum atomic E-state index is -0.235. The molecule has 0 spiro atoms. The molecule has 1 fully saturated rings. The van der Waals surface area contributed by atoms with Gasteiger partial charge in [0.2, 0.25) is 0 Å². The van der Waals surface area contributed by atoms with Crippen LogP contribution in [0.4, 0.5) is 5.82 Å². The fraction of sp³-hybridized carbons (Fsp3) is 0.333. The van der Waals surface area contributed by atoms with Gasteiger partial charge in [-0.05, 0) is 6.42 Å². The van der Waals surface area contributed by atoms with Crippen molar-refractivity contribution in [3.8, 4) is 0 Å². The van der Waals surface area contributed by atoms with E-state index in [1.165, 1.54) is 0 Å². The standard InChI is InChI=1S/C12H13N3O/c16-10-5-6-15(8-10)12-11-4-2-1-3-9(11)7-13-14-12/h1-4,7,10,16H,5-6,8H2. The number of aliphatic hydroxyl groups is 1. The number of rotatable bonds is 1. The molecule has 0 aliphatic carbocycles. The van der Waals surface area contributed by atoms with Crippen LogP contribution in [0.3, 0.4) is 0 Å². The third kappa shape index (κ3) is 1.51. The summed E-state index contributed by atoms with van der Waals surface area (Å²) in [7, 11) is 0. The molecule has 1 unspecified atom stereocenters. The van der Waals surface area contributed by atoms with Crippen molar-refractivity contribution in [3.63, 3.8) is 0 Å². The lowest BCUT2D eigenvalue weighted by atomic mass is 10.2. The van der Waals surface area contributed by atoms with Gasteiger partial charge in [-0.3, -0.25) is 0 Å². The Labute approximate surface area is 93.5 Å². The van der Waals surface area contributed by atoms with E-state index in [0.717, 1.165) is 29.6 Å². The molecule has 1 aromatic carbocycles. The maximum atomic E-state index is 9.54. The van der Waals surface area contributed by atoms with E-state index in [9.17, 15) is 5.11 Å². The van der Waals surface area contributed by atoms with Crippen molar-refractivity contribution >= 4 is 16.6 Å². The first-order valence-electron chi connectivity index (χ1n) is 5.48. The molecule has 82 valence electrons. The average molecular weight is 215 g/mol. The van der Waals surface area contributed by atoms with Crippen LogP contribution in [0, 0.1) is 0 Å². The van der Waals surface area contributed by atoms with E-state index in [4.69, 9.17) is 0 Å². The molecule has 1 saturated heterocycles.